The number of amides is 1. The molecule has 128 valence electrons. The van der Waals surface area contributed by atoms with Crippen molar-refractivity contribution in [3.8, 4) is 0 Å². The number of fused-ring (bicyclic) bond motifs is 2. The maximum Gasteiger partial charge on any atom is 0.433 e. The van der Waals surface area contributed by atoms with Crippen LogP contribution < -0.4 is 5.43 Å². The van der Waals surface area contributed by atoms with Crippen LogP contribution in [-0.2, 0) is 4.79 Å². The van der Waals surface area contributed by atoms with E-state index in [4.69, 9.17) is 4.42 Å². The van der Waals surface area contributed by atoms with E-state index in [1.54, 1.807) is 0 Å². The number of carbonyl (C=O) groups is 1. The van der Waals surface area contributed by atoms with Crippen LogP contribution in [0.4, 0.5) is 5.88 Å². The number of furan rings is 1. The minimum absolute atomic E-state index is 0.0380. The molecule has 2 aliphatic rings. The van der Waals surface area contributed by atoms with Crippen LogP contribution in [0.5, 0.6) is 0 Å². The Hall–Kier alpha value is -2.44. The van der Waals surface area contributed by atoms with E-state index in [1.165, 1.54) is 30.7 Å². The van der Waals surface area contributed by atoms with Gasteiger partial charge in [0.05, 0.1) is 6.07 Å². The highest BCUT2D eigenvalue weighted by Gasteiger charge is 2.59. The maximum absolute atomic E-state index is 11.9. The van der Waals surface area contributed by atoms with Gasteiger partial charge < -0.3 is 4.42 Å². The van der Waals surface area contributed by atoms with Crippen LogP contribution in [0, 0.1) is 26.9 Å². The van der Waals surface area contributed by atoms with E-state index in [9.17, 15) is 14.9 Å². The molecule has 2 saturated carbocycles. The molecular weight excluding hydrogens is 310 g/mol. The van der Waals surface area contributed by atoms with Crippen molar-refractivity contribution < 1.29 is 14.1 Å². The molecule has 1 heterocycles. The average molecular weight is 331 g/mol. The van der Waals surface area contributed by atoms with Gasteiger partial charge in [0.2, 0.25) is 0 Å². The van der Waals surface area contributed by atoms with E-state index in [1.807, 2.05) is 0 Å². The molecule has 0 aromatic carbocycles. The fourth-order valence-corrected chi connectivity index (χ4v) is 3.95. The first-order chi connectivity index (χ1) is 11.2. The number of rotatable bonds is 4. The van der Waals surface area contributed by atoms with Crippen LogP contribution in [0.3, 0.4) is 0 Å². The predicted molar refractivity (Wildman–Crippen MR) is 89.2 cm³/mol. The molecule has 7 heteroatoms. The number of carbonyl (C=O) groups excluding carboxylic acids is 1. The summed E-state index contributed by atoms with van der Waals surface area (Å²) in [5, 5.41) is 14.9. The number of hydrogen-bond acceptors (Lipinski definition) is 5. The van der Waals surface area contributed by atoms with E-state index < -0.39 is 4.92 Å². The van der Waals surface area contributed by atoms with E-state index >= 15 is 0 Å². The first kappa shape index (κ1) is 16.4. The summed E-state index contributed by atoms with van der Waals surface area (Å²) in [7, 11) is 0. The highest BCUT2D eigenvalue weighted by atomic mass is 16.6. The molecule has 1 amide bonds. The zero-order chi connectivity index (χ0) is 17.5. The van der Waals surface area contributed by atoms with Gasteiger partial charge in [0.25, 0.3) is 5.91 Å². The quantitative estimate of drug-likeness (QED) is 0.518. The monoisotopic (exact) mass is 331 g/mol. The molecule has 3 rings (SSSR count). The van der Waals surface area contributed by atoms with Gasteiger partial charge in [0.1, 0.15) is 10.7 Å². The van der Waals surface area contributed by atoms with Crippen LogP contribution in [0.25, 0.3) is 6.08 Å². The molecule has 1 aromatic heterocycles. The highest BCUT2D eigenvalue weighted by molar-refractivity contribution is 5.97. The average Bonchev–Trinajstić information content (AvgIpc) is 3.13. The van der Waals surface area contributed by atoms with Gasteiger partial charge in [-0.05, 0) is 42.7 Å². The SMILES string of the molecule is CC1(C)[C@@H]2CC[C@]1(C)/C(=N/NC(=O)/C=C/c1ccc([N+](=O)[O-])o1)C2. The Bertz CT molecular complexity index is 747. The Balaban J connectivity index is 1.64. The van der Waals surface area contributed by atoms with Crippen LogP contribution in [0.2, 0.25) is 0 Å². The summed E-state index contributed by atoms with van der Waals surface area (Å²) in [6, 6.07) is 2.68. The van der Waals surface area contributed by atoms with Crippen molar-refractivity contribution in [1.82, 2.24) is 5.43 Å². The van der Waals surface area contributed by atoms with Crippen molar-refractivity contribution in [2.75, 3.05) is 0 Å². The lowest BCUT2D eigenvalue weighted by molar-refractivity contribution is -0.402. The lowest BCUT2D eigenvalue weighted by Crippen LogP contribution is -2.34. The van der Waals surface area contributed by atoms with Crippen LogP contribution in [-0.4, -0.2) is 16.5 Å². The van der Waals surface area contributed by atoms with Crippen molar-refractivity contribution in [3.05, 3.63) is 34.1 Å². The van der Waals surface area contributed by atoms with E-state index in [-0.39, 0.29) is 28.4 Å². The molecule has 2 bridgehead atoms. The molecule has 0 unspecified atom stereocenters. The van der Waals surface area contributed by atoms with Gasteiger partial charge in [-0.25, -0.2) is 5.43 Å². The molecule has 24 heavy (non-hydrogen) atoms. The second-order valence-electron chi connectivity index (χ2n) is 7.29. The molecule has 2 fully saturated rings. The van der Waals surface area contributed by atoms with E-state index in [0.717, 1.165) is 18.6 Å². The summed E-state index contributed by atoms with van der Waals surface area (Å²) in [4.78, 5) is 21.8. The third kappa shape index (κ3) is 2.53. The summed E-state index contributed by atoms with van der Waals surface area (Å²) in [6.07, 6.45) is 5.89. The van der Waals surface area contributed by atoms with Gasteiger partial charge in [-0.15, -0.1) is 0 Å². The largest absolute Gasteiger partial charge is 0.433 e. The fourth-order valence-electron chi connectivity index (χ4n) is 3.95. The van der Waals surface area contributed by atoms with E-state index in [0.29, 0.717) is 5.92 Å². The number of nitro groups is 1. The number of nitrogens with zero attached hydrogens (tertiary/aromatic N) is 2. The molecule has 7 nitrogen and oxygen atoms in total. The first-order valence-corrected chi connectivity index (χ1v) is 8.03. The minimum Gasteiger partial charge on any atom is -0.401 e. The van der Waals surface area contributed by atoms with Gasteiger partial charge in [-0.2, -0.15) is 5.10 Å². The summed E-state index contributed by atoms with van der Waals surface area (Å²) < 4.78 is 4.96. The Morgan fingerprint density at radius 1 is 1.46 bits per heavy atom. The predicted octanol–water partition coefficient (Wildman–Crippen LogP) is 3.52. The molecule has 0 aliphatic heterocycles. The fraction of sp³-hybridized carbons (Fsp3) is 0.529. The second kappa shape index (κ2) is 5.58. The smallest absolute Gasteiger partial charge is 0.401 e. The summed E-state index contributed by atoms with van der Waals surface area (Å²) in [5.74, 6) is 0.132. The zero-order valence-electron chi connectivity index (χ0n) is 14.0. The van der Waals surface area contributed by atoms with Crippen LogP contribution >= 0.6 is 0 Å². The molecule has 2 atom stereocenters. The molecule has 0 radical (unpaired) electrons. The third-order valence-electron chi connectivity index (χ3n) is 6.00. The molecule has 1 aromatic rings. The molecule has 2 aliphatic carbocycles. The normalized spacial score (nSPS) is 29.5. The van der Waals surface area contributed by atoms with E-state index in [2.05, 4.69) is 31.3 Å². The standard InChI is InChI=1S/C17H21N3O4/c1-16(2)11-8-9-17(16,3)13(10-11)18-19-14(21)6-4-12-5-7-15(24-12)20(22)23/h4-7,11H,8-10H2,1-3H3,(H,19,21)/b6-4+,18-13+/t11-,17-/m1/s1. The van der Waals surface area contributed by atoms with Crippen molar-refractivity contribution >= 4 is 23.6 Å². The number of hydrazone groups is 1. The molecule has 1 N–H and O–H groups in total. The number of nitrogens with one attached hydrogen (secondary N) is 1. The van der Waals surface area contributed by atoms with Gasteiger partial charge >= 0.3 is 5.88 Å². The van der Waals surface area contributed by atoms with Crippen molar-refractivity contribution in [2.24, 2.45) is 21.8 Å². The lowest BCUT2D eigenvalue weighted by atomic mass is 9.70. The van der Waals surface area contributed by atoms with Gasteiger partial charge in [0, 0.05) is 17.2 Å². The Morgan fingerprint density at radius 2 is 2.21 bits per heavy atom. The highest BCUT2D eigenvalue weighted by Crippen LogP contribution is 2.63. The van der Waals surface area contributed by atoms with Crippen molar-refractivity contribution in [3.63, 3.8) is 0 Å². The topological polar surface area (TPSA) is 97.7 Å². The zero-order valence-corrected chi connectivity index (χ0v) is 14.0. The van der Waals surface area contributed by atoms with Gasteiger partial charge in [0.15, 0.2) is 0 Å². The summed E-state index contributed by atoms with van der Waals surface area (Å²) in [5.41, 5.74) is 3.86. The van der Waals surface area contributed by atoms with Crippen molar-refractivity contribution in [1.29, 1.82) is 0 Å². The summed E-state index contributed by atoms with van der Waals surface area (Å²) >= 11 is 0. The van der Waals surface area contributed by atoms with Gasteiger partial charge in [-0.1, -0.05) is 20.8 Å². The van der Waals surface area contributed by atoms with Gasteiger partial charge in [-0.3, -0.25) is 14.9 Å². The van der Waals surface area contributed by atoms with Crippen molar-refractivity contribution in [2.45, 2.75) is 40.0 Å². The lowest BCUT2D eigenvalue weighted by Gasteiger charge is -2.34. The third-order valence-corrected chi connectivity index (χ3v) is 6.00. The molecule has 0 spiro atoms. The number of hydrogen-bond donors (Lipinski definition) is 1. The first-order valence-electron chi connectivity index (χ1n) is 8.03. The second-order valence-corrected chi connectivity index (χ2v) is 7.29. The maximum atomic E-state index is 11.9. The Kier molecular flexibility index (Phi) is 3.81. The Morgan fingerprint density at radius 3 is 2.75 bits per heavy atom. The molecule has 0 saturated heterocycles. The summed E-state index contributed by atoms with van der Waals surface area (Å²) in [6.45, 7) is 6.78. The molecular formula is C17H21N3O4. The Labute approximate surface area is 139 Å². The minimum atomic E-state index is -0.624. The van der Waals surface area contributed by atoms with Crippen LogP contribution in [0.1, 0.15) is 45.8 Å². The van der Waals surface area contributed by atoms with Crippen LogP contribution in [0.15, 0.2) is 27.7 Å².